The summed E-state index contributed by atoms with van der Waals surface area (Å²) in [7, 11) is 3.28. The maximum Gasteiger partial charge on any atom is 0.337 e. The Morgan fingerprint density at radius 1 is 1.19 bits per heavy atom. The number of carbonyl (C=O) groups is 2. The minimum atomic E-state index is -1.03. The molecule has 7 heteroatoms. The van der Waals surface area contributed by atoms with Crippen molar-refractivity contribution in [1.29, 1.82) is 0 Å². The number of rotatable bonds is 4. The summed E-state index contributed by atoms with van der Waals surface area (Å²) in [6.45, 7) is 0. The summed E-state index contributed by atoms with van der Waals surface area (Å²) in [4.78, 5) is 29.8. The molecular formula is C19H16N2O4S. The normalized spacial score (nSPS) is 15.1. The molecule has 0 radical (unpaired) electrons. The molecule has 1 aliphatic rings. The Labute approximate surface area is 154 Å². The molecule has 0 unspecified atom stereocenters. The number of anilines is 1. The van der Waals surface area contributed by atoms with Gasteiger partial charge in [-0.1, -0.05) is 24.3 Å². The van der Waals surface area contributed by atoms with Gasteiger partial charge in [0, 0.05) is 7.05 Å². The summed E-state index contributed by atoms with van der Waals surface area (Å²) in [5, 5.41) is 9.77. The summed E-state index contributed by atoms with van der Waals surface area (Å²) in [6.07, 6.45) is 1.75. The topological polar surface area (TPSA) is 79.2 Å². The summed E-state index contributed by atoms with van der Waals surface area (Å²) in [5.74, 6) is -0.642. The van der Waals surface area contributed by atoms with Crippen molar-refractivity contribution in [3.63, 3.8) is 0 Å². The van der Waals surface area contributed by atoms with Crippen LogP contribution in [-0.4, -0.2) is 36.3 Å². The average Bonchev–Trinajstić information content (AvgIpc) is 3.02. The van der Waals surface area contributed by atoms with Crippen molar-refractivity contribution in [2.24, 2.45) is 4.99 Å². The SMILES string of the molecule is COc1ccc(/C=C2\SC(N(C)c3ccccc3C(=O)O)=NC2=O)cc1. The molecule has 0 fully saturated rings. The highest BCUT2D eigenvalue weighted by Crippen LogP contribution is 2.33. The molecule has 1 amide bonds. The van der Waals surface area contributed by atoms with Gasteiger partial charge in [0.1, 0.15) is 5.75 Å². The van der Waals surface area contributed by atoms with Crippen LogP contribution in [0.4, 0.5) is 5.69 Å². The van der Waals surface area contributed by atoms with Crippen molar-refractivity contribution in [2.75, 3.05) is 19.1 Å². The monoisotopic (exact) mass is 368 g/mol. The van der Waals surface area contributed by atoms with Crippen molar-refractivity contribution in [2.45, 2.75) is 0 Å². The number of carbonyl (C=O) groups excluding carboxylic acids is 1. The predicted molar refractivity (Wildman–Crippen MR) is 103 cm³/mol. The molecule has 0 saturated carbocycles. The third-order valence-corrected chi connectivity index (χ3v) is 4.87. The third kappa shape index (κ3) is 3.62. The van der Waals surface area contributed by atoms with Gasteiger partial charge in [0.15, 0.2) is 5.17 Å². The molecule has 1 N–H and O–H groups in total. The van der Waals surface area contributed by atoms with E-state index in [1.54, 1.807) is 43.3 Å². The number of hydrogen-bond donors (Lipinski definition) is 1. The van der Waals surface area contributed by atoms with Crippen molar-refractivity contribution in [1.82, 2.24) is 0 Å². The van der Waals surface area contributed by atoms with Crippen LogP contribution in [0.15, 0.2) is 58.4 Å². The van der Waals surface area contributed by atoms with Crippen LogP contribution in [0.2, 0.25) is 0 Å². The van der Waals surface area contributed by atoms with Gasteiger partial charge < -0.3 is 14.7 Å². The largest absolute Gasteiger partial charge is 0.497 e. The fourth-order valence-electron chi connectivity index (χ4n) is 2.44. The molecule has 3 rings (SSSR count). The standard InChI is InChI=1S/C19H16N2O4S/c1-21(15-6-4-3-5-14(15)18(23)24)19-20-17(22)16(26-19)11-12-7-9-13(25-2)10-8-12/h3-11H,1-2H3,(H,23,24)/b16-11-. The van der Waals surface area contributed by atoms with Gasteiger partial charge in [-0.3, -0.25) is 4.79 Å². The molecule has 0 atom stereocenters. The predicted octanol–water partition coefficient (Wildman–Crippen LogP) is 3.50. The van der Waals surface area contributed by atoms with Crippen molar-refractivity contribution in [3.05, 3.63) is 64.6 Å². The summed E-state index contributed by atoms with van der Waals surface area (Å²) < 4.78 is 5.12. The van der Waals surface area contributed by atoms with Gasteiger partial charge in [0.05, 0.1) is 23.3 Å². The van der Waals surface area contributed by atoms with E-state index in [2.05, 4.69) is 4.99 Å². The first-order valence-electron chi connectivity index (χ1n) is 7.72. The lowest BCUT2D eigenvalue weighted by Crippen LogP contribution is -2.24. The van der Waals surface area contributed by atoms with E-state index in [1.807, 2.05) is 24.3 Å². The van der Waals surface area contributed by atoms with Crippen LogP contribution in [0.25, 0.3) is 6.08 Å². The van der Waals surface area contributed by atoms with E-state index in [4.69, 9.17) is 4.74 Å². The second-order valence-electron chi connectivity index (χ2n) is 5.46. The van der Waals surface area contributed by atoms with E-state index in [0.717, 1.165) is 11.3 Å². The molecule has 0 aliphatic carbocycles. The number of carboxylic acids is 1. The van der Waals surface area contributed by atoms with E-state index in [1.165, 1.54) is 17.8 Å². The number of carboxylic acid groups (broad SMARTS) is 1. The molecule has 26 heavy (non-hydrogen) atoms. The molecule has 0 saturated heterocycles. The Morgan fingerprint density at radius 2 is 1.88 bits per heavy atom. The van der Waals surface area contributed by atoms with Gasteiger partial charge in [0.2, 0.25) is 0 Å². The van der Waals surface area contributed by atoms with E-state index in [-0.39, 0.29) is 11.5 Å². The molecule has 1 heterocycles. The van der Waals surface area contributed by atoms with Gasteiger partial charge in [-0.15, -0.1) is 0 Å². The van der Waals surface area contributed by atoms with Crippen LogP contribution in [0.1, 0.15) is 15.9 Å². The van der Waals surface area contributed by atoms with E-state index in [9.17, 15) is 14.7 Å². The van der Waals surface area contributed by atoms with Crippen LogP contribution in [0, 0.1) is 0 Å². The second kappa shape index (κ2) is 7.45. The van der Waals surface area contributed by atoms with Crippen LogP contribution in [0.3, 0.4) is 0 Å². The molecule has 0 bridgehead atoms. The number of para-hydroxylation sites is 1. The number of methoxy groups -OCH3 is 1. The Bertz CT molecular complexity index is 919. The average molecular weight is 368 g/mol. The lowest BCUT2D eigenvalue weighted by molar-refractivity contribution is -0.113. The zero-order valence-electron chi connectivity index (χ0n) is 14.2. The van der Waals surface area contributed by atoms with Crippen molar-refractivity contribution in [3.8, 4) is 5.75 Å². The van der Waals surface area contributed by atoms with Gasteiger partial charge >= 0.3 is 5.97 Å². The lowest BCUT2D eigenvalue weighted by Gasteiger charge is -2.19. The van der Waals surface area contributed by atoms with E-state index in [0.29, 0.717) is 15.8 Å². The number of amides is 1. The van der Waals surface area contributed by atoms with Gasteiger partial charge in [-0.25, -0.2) is 4.79 Å². The number of hydrogen-bond acceptors (Lipinski definition) is 5. The third-order valence-electron chi connectivity index (χ3n) is 3.81. The Morgan fingerprint density at radius 3 is 2.54 bits per heavy atom. The zero-order chi connectivity index (χ0) is 18.7. The minimum Gasteiger partial charge on any atom is -0.497 e. The number of aromatic carboxylic acids is 1. The fourth-order valence-corrected chi connectivity index (χ4v) is 3.33. The molecule has 6 nitrogen and oxygen atoms in total. The van der Waals surface area contributed by atoms with Crippen LogP contribution in [0.5, 0.6) is 5.75 Å². The number of nitrogens with zero attached hydrogens (tertiary/aromatic N) is 2. The summed E-state index contributed by atoms with van der Waals surface area (Å²) >= 11 is 1.21. The first kappa shape index (κ1) is 17.8. The molecule has 0 aromatic heterocycles. The van der Waals surface area contributed by atoms with Crippen LogP contribution in [-0.2, 0) is 4.79 Å². The van der Waals surface area contributed by atoms with E-state index < -0.39 is 5.97 Å². The quantitative estimate of drug-likeness (QED) is 0.832. The molecule has 2 aromatic rings. The molecular weight excluding hydrogens is 352 g/mol. The summed E-state index contributed by atoms with van der Waals surface area (Å²) in [5.41, 5.74) is 1.48. The Balaban J connectivity index is 1.83. The first-order chi connectivity index (χ1) is 12.5. The smallest absolute Gasteiger partial charge is 0.337 e. The maximum atomic E-state index is 12.2. The molecule has 132 valence electrons. The summed E-state index contributed by atoms with van der Waals surface area (Å²) in [6, 6.07) is 13.9. The number of benzene rings is 2. The van der Waals surface area contributed by atoms with E-state index >= 15 is 0 Å². The number of amidine groups is 1. The van der Waals surface area contributed by atoms with Crippen LogP contribution >= 0.6 is 11.8 Å². The molecule has 0 spiro atoms. The molecule has 1 aliphatic heterocycles. The van der Waals surface area contributed by atoms with Gasteiger partial charge in [-0.2, -0.15) is 4.99 Å². The number of aliphatic imine (C=N–C) groups is 1. The first-order valence-corrected chi connectivity index (χ1v) is 8.54. The fraction of sp³-hybridized carbons (Fsp3) is 0.105. The second-order valence-corrected chi connectivity index (χ2v) is 6.47. The van der Waals surface area contributed by atoms with Crippen molar-refractivity contribution >= 4 is 40.6 Å². The van der Waals surface area contributed by atoms with Gasteiger partial charge in [-0.05, 0) is 47.7 Å². The number of ether oxygens (including phenoxy) is 1. The lowest BCUT2D eigenvalue weighted by atomic mass is 10.1. The zero-order valence-corrected chi connectivity index (χ0v) is 15.0. The van der Waals surface area contributed by atoms with Crippen molar-refractivity contribution < 1.29 is 19.4 Å². The minimum absolute atomic E-state index is 0.151. The highest BCUT2D eigenvalue weighted by Gasteiger charge is 2.26. The number of thioether (sulfide) groups is 1. The Hall–Kier alpha value is -3.06. The Kier molecular flexibility index (Phi) is 5.09. The molecule has 2 aromatic carbocycles. The highest BCUT2D eigenvalue weighted by molar-refractivity contribution is 8.18. The van der Waals surface area contributed by atoms with Gasteiger partial charge in [0.25, 0.3) is 5.91 Å². The van der Waals surface area contributed by atoms with Crippen LogP contribution < -0.4 is 9.64 Å². The maximum absolute atomic E-state index is 12.2. The highest BCUT2D eigenvalue weighted by atomic mass is 32.2.